The third-order valence-electron chi connectivity index (χ3n) is 5.74. The number of hydrogen-bond acceptors (Lipinski definition) is 1. The van der Waals surface area contributed by atoms with Crippen LogP contribution in [0.1, 0.15) is 36.1 Å². The number of benzene rings is 2. The molecule has 1 saturated heterocycles. The summed E-state index contributed by atoms with van der Waals surface area (Å²) in [5.74, 6) is 0. The summed E-state index contributed by atoms with van der Waals surface area (Å²) in [7, 11) is 2.22. The molecule has 2 heterocycles. The molecule has 1 aliphatic heterocycles. The third-order valence-corrected chi connectivity index (χ3v) is 5.99. The van der Waals surface area contributed by atoms with E-state index < -0.39 is 0 Å². The molecule has 0 radical (unpaired) electrons. The van der Waals surface area contributed by atoms with Crippen LogP contribution in [0.2, 0.25) is 5.02 Å². The quantitative estimate of drug-likeness (QED) is 0.505. The molecule has 2 aromatic carbocycles. The van der Waals surface area contributed by atoms with Gasteiger partial charge in [-0.3, -0.25) is 4.90 Å². The molecule has 4 rings (SSSR count). The number of rotatable bonds is 5. The van der Waals surface area contributed by atoms with Gasteiger partial charge in [0.2, 0.25) is 0 Å². The van der Waals surface area contributed by atoms with Crippen molar-refractivity contribution in [1.29, 1.82) is 0 Å². The van der Waals surface area contributed by atoms with E-state index in [1.807, 2.05) is 12.1 Å². The first-order chi connectivity index (χ1) is 12.7. The molecule has 1 fully saturated rings. The van der Waals surface area contributed by atoms with Gasteiger partial charge in [0.05, 0.1) is 0 Å². The minimum absolute atomic E-state index is 0. The van der Waals surface area contributed by atoms with E-state index in [0.29, 0.717) is 0 Å². The Hall–Kier alpha value is -1.48. The van der Waals surface area contributed by atoms with Gasteiger partial charge in [0.1, 0.15) is 0 Å². The van der Waals surface area contributed by atoms with Crippen molar-refractivity contribution in [1.82, 2.24) is 9.47 Å². The molecule has 2 nitrogen and oxygen atoms in total. The predicted octanol–water partition coefficient (Wildman–Crippen LogP) is 6.02. The maximum absolute atomic E-state index is 6.03. The Morgan fingerprint density at radius 2 is 1.59 bits per heavy atom. The number of para-hydroxylation sites is 1. The zero-order chi connectivity index (χ0) is 17.9. The van der Waals surface area contributed by atoms with Gasteiger partial charge in [-0.05, 0) is 68.1 Å². The van der Waals surface area contributed by atoms with Crippen LogP contribution in [0.5, 0.6) is 0 Å². The minimum atomic E-state index is 0. The highest BCUT2D eigenvalue weighted by Gasteiger charge is 2.18. The number of hydrogen-bond donors (Lipinski definition) is 0. The van der Waals surface area contributed by atoms with Crippen molar-refractivity contribution < 1.29 is 0 Å². The Morgan fingerprint density at radius 3 is 2.33 bits per heavy atom. The van der Waals surface area contributed by atoms with Crippen LogP contribution in [0.15, 0.2) is 48.5 Å². The van der Waals surface area contributed by atoms with E-state index >= 15 is 0 Å². The molecule has 0 unspecified atom stereocenters. The van der Waals surface area contributed by atoms with Gasteiger partial charge in [-0.15, -0.1) is 12.4 Å². The van der Waals surface area contributed by atoms with Gasteiger partial charge >= 0.3 is 0 Å². The monoisotopic (exact) mass is 402 g/mol. The van der Waals surface area contributed by atoms with Crippen LogP contribution in [0.25, 0.3) is 10.9 Å². The second kappa shape index (κ2) is 9.14. The number of likely N-dealkylation sites (tertiary alicyclic amines) is 1. The fraction of sp³-hybridized carbons (Fsp3) is 0.391. The zero-order valence-corrected chi connectivity index (χ0v) is 17.5. The largest absolute Gasteiger partial charge is 0.347 e. The van der Waals surface area contributed by atoms with Crippen molar-refractivity contribution >= 4 is 34.9 Å². The summed E-state index contributed by atoms with van der Waals surface area (Å²) in [6.45, 7) is 3.55. The molecule has 0 atom stereocenters. The SMILES string of the molecule is Cl.Cn1c(CCc2ccc(Cl)cc2)c(CN2CCCCC2)c2ccccc21. The Labute approximate surface area is 173 Å². The van der Waals surface area contributed by atoms with Crippen molar-refractivity contribution in [2.45, 2.75) is 38.6 Å². The number of fused-ring (bicyclic) bond motifs is 1. The molecule has 3 aromatic rings. The Bertz CT molecular complexity index is 877. The number of aryl methyl sites for hydroxylation is 2. The van der Waals surface area contributed by atoms with Crippen LogP contribution in [-0.4, -0.2) is 22.6 Å². The summed E-state index contributed by atoms with van der Waals surface area (Å²) in [6.07, 6.45) is 6.18. The molecule has 144 valence electrons. The molecule has 0 spiro atoms. The maximum atomic E-state index is 6.03. The fourth-order valence-electron chi connectivity index (χ4n) is 4.27. The summed E-state index contributed by atoms with van der Waals surface area (Å²) in [6, 6.07) is 17.1. The van der Waals surface area contributed by atoms with Crippen LogP contribution in [0.3, 0.4) is 0 Å². The second-order valence-corrected chi connectivity index (χ2v) is 7.90. The van der Waals surface area contributed by atoms with E-state index in [9.17, 15) is 0 Å². The Balaban J connectivity index is 0.00000210. The predicted molar refractivity (Wildman–Crippen MR) is 118 cm³/mol. The number of piperidine rings is 1. The second-order valence-electron chi connectivity index (χ2n) is 7.46. The van der Waals surface area contributed by atoms with E-state index in [1.165, 1.54) is 60.1 Å². The van der Waals surface area contributed by atoms with Gasteiger partial charge in [0.15, 0.2) is 0 Å². The molecule has 0 saturated carbocycles. The molecule has 1 aliphatic rings. The lowest BCUT2D eigenvalue weighted by Crippen LogP contribution is -2.29. The van der Waals surface area contributed by atoms with E-state index in [4.69, 9.17) is 11.6 Å². The van der Waals surface area contributed by atoms with E-state index in [0.717, 1.165) is 24.4 Å². The molecule has 0 bridgehead atoms. The van der Waals surface area contributed by atoms with Gasteiger partial charge in [0, 0.05) is 35.2 Å². The van der Waals surface area contributed by atoms with Crippen molar-refractivity contribution in [3.05, 3.63) is 70.4 Å². The standard InChI is InChI=1S/C23H27ClN2.ClH/c1-25-22-8-4-3-7-20(22)21(17-26-15-5-2-6-16-26)23(25)14-11-18-9-12-19(24)13-10-18;/h3-4,7-10,12-13H,2,5-6,11,14-17H2,1H3;1H. The number of aromatic nitrogens is 1. The lowest BCUT2D eigenvalue weighted by Gasteiger charge is -2.27. The van der Waals surface area contributed by atoms with Crippen LogP contribution in [-0.2, 0) is 26.4 Å². The van der Waals surface area contributed by atoms with Crippen molar-refractivity contribution in [3.8, 4) is 0 Å². The Morgan fingerprint density at radius 1 is 0.889 bits per heavy atom. The highest BCUT2D eigenvalue weighted by atomic mass is 35.5. The summed E-state index contributed by atoms with van der Waals surface area (Å²) in [5.41, 5.74) is 5.71. The van der Waals surface area contributed by atoms with Gasteiger partial charge in [0.25, 0.3) is 0 Å². The molecule has 0 aliphatic carbocycles. The number of nitrogens with zero attached hydrogens (tertiary/aromatic N) is 2. The normalized spacial score (nSPS) is 15.0. The Kier molecular flexibility index (Phi) is 6.86. The van der Waals surface area contributed by atoms with Crippen molar-refractivity contribution in [2.24, 2.45) is 7.05 Å². The van der Waals surface area contributed by atoms with Gasteiger partial charge in [-0.2, -0.15) is 0 Å². The maximum Gasteiger partial charge on any atom is 0.0483 e. The van der Waals surface area contributed by atoms with Crippen LogP contribution in [0.4, 0.5) is 0 Å². The first kappa shape index (κ1) is 20.3. The summed E-state index contributed by atoms with van der Waals surface area (Å²) < 4.78 is 2.41. The molecule has 0 N–H and O–H groups in total. The fourth-order valence-corrected chi connectivity index (χ4v) is 4.40. The first-order valence-corrected chi connectivity index (χ1v) is 10.1. The average molecular weight is 403 g/mol. The smallest absolute Gasteiger partial charge is 0.0483 e. The van der Waals surface area contributed by atoms with Gasteiger partial charge < -0.3 is 4.57 Å². The summed E-state index contributed by atoms with van der Waals surface area (Å²) in [4.78, 5) is 2.64. The zero-order valence-electron chi connectivity index (χ0n) is 16.0. The van der Waals surface area contributed by atoms with Crippen molar-refractivity contribution in [2.75, 3.05) is 13.1 Å². The molecular weight excluding hydrogens is 375 g/mol. The minimum Gasteiger partial charge on any atom is -0.347 e. The molecule has 0 amide bonds. The summed E-state index contributed by atoms with van der Waals surface area (Å²) >= 11 is 6.03. The summed E-state index contributed by atoms with van der Waals surface area (Å²) in [5, 5.41) is 2.23. The van der Waals surface area contributed by atoms with Crippen LogP contribution < -0.4 is 0 Å². The lowest BCUT2D eigenvalue weighted by molar-refractivity contribution is 0.221. The van der Waals surface area contributed by atoms with Crippen molar-refractivity contribution in [3.63, 3.8) is 0 Å². The average Bonchev–Trinajstić information content (AvgIpc) is 2.94. The molecule has 1 aromatic heterocycles. The number of halogens is 2. The van der Waals surface area contributed by atoms with Crippen LogP contribution >= 0.6 is 24.0 Å². The molecule has 4 heteroatoms. The van der Waals surface area contributed by atoms with E-state index in [2.05, 4.69) is 52.9 Å². The topological polar surface area (TPSA) is 8.17 Å². The van der Waals surface area contributed by atoms with Gasteiger partial charge in [-0.1, -0.05) is 48.4 Å². The highest BCUT2D eigenvalue weighted by Crippen LogP contribution is 2.28. The van der Waals surface area contributed by atoms with E-state index in [1.54, 1.807) is 0 Å². The lowest BCUT2D eigenvalue weighted by atomic mass is 10.0. The van der Waals surface area contributed by atoms with E-state index in [-0.39, 0.29) is 12.4 Å². The van der Waals surface area contributed by atoms with Crippen LogP contribution in [0, 0.1) is 0 Å². The highest BCUT2D eigenvalue weighted by molar-refractivity contribution is 6.30. The van der Waals surface area contributed by atoms with Gasteiger partial charge in [-0.25, -0.2) is 0 Å². The third kappa shape index (κ3) is 4.51. The molecule has 27 heavy (non-hydrogen) atoms. The molecular formula is C23H28Cl2N2. The first-order valence-electron chi connectivity index (χ1n) is 9.74.